The average molecular weight is 326 g/mol. The third-order valence-corrected chi connectivity index (χ3v) is 4.40. The van der Waals surface area contributed by atoms with Gasteiger partial charge in [-0.05, 0) is 12.1 Å². The number of primary sulfonamides is 1. The van der Waals surface area contributed by atoms with Gasteiger partial charge >= 0.3 is 0 Å². The molecule has 112 valence electrons. The summed E-state index contributed by atoms with van der Waals surface area (Å²) in [5.41, 5.74) is 0. The Labute approximate surface area is 126 Å². The molecule has 0 radical (unpaired) electrons. The van der Waals surface area contributed by atoms with E-state index in [1.165, 1.54) is 22.6 Å². The molecule has 0 unspecified atom stereocenters. The van der Waals surface area contributed by atoms with Crippen LogP contribution >= 0.6 is 11.8 Å². The summed E-state index contributed by atoms with van der Waals surface area (Å²) in [5.74, 6) is -0.268. The molecule has 0 fully saturated rings. The minimum Gasteiger partial charge on any atom is -0.307 e. The van der Waals surface area contributed by atoms with Crippen LogP contribution in [-0.2, 0) is 21.9 Å². The summed E-state index contributed by atoms with van der Waals surface area (Å²) in [6.45, 7) is 0. The lowest BCUT2D eigenvalue weighted by molar-refractivity contribution is -0.113. The maximum absolute atomic E-state index is 11.9. The van der Waals surface area contributed by atoms with Crippen LogP contribution in [0.5, 0.6) is 0 Å². The summed E-state index contributed by atoms with van der Waals surface area (Å²) in [5, 5.41) is 11.4. The quantitative estimate of drug-likeness (QED) is 0.790. The van der Waals surface area contributed by atoms with Crippen LogP contribution in [0.1, 0.15) is 0 Å². The fraction of sp³-hybridized carbons (Fsp3) is 0.167. The number of amides is 1. The first-order chi connectivity index (χ1) is 9.86. The van der Waals surface area contributed by atoms with Crippen LogP contribution in [0.3, 0.4) is 0 Å². The van der Waals surface area contributed by atoms with Gasteiger partial charge in [-0.2, -0.15) is 5.10 Å². The Morgan fingerprint density at radius 3 is 2.67 bits per heavy atom. The monoisotopic (exact) mass is 326 g/mol. The third-order valence-electron chi connectivity index (χ3n) is 2.47. The zero-order valence-corrected chi connectivity index (χ0v) is 12.8. The number of nitrogens with two attached hydrogens (primary N) is 1. The number of benzene rings is 1. The molecule has 3 N–H and O–H groups in total. The van der Waals surface area contributed by atoms with Gasteiger partial charge in [0.1, 0.15) is 4.90 Å². The Balaban J connectivity index is 2.04. The second-order valence-corrected chi connectivity index (χ2v) is 6.79. The lowest BCUT2D eigenvalue weighted by Gasteiger charge is -2.04. The third kappa shape index (κ3) is 4.31. The topological polar surface area (TPSA) is 107 Å². The van der Waals surface area contributed by atoms with Gasteiger partial charge in [0.25, 0.3) is 0 Å². The van der Waals surface area contributed by atoms with Gasteiger partial charge in [0.2, 0.25) is 15.9 Å². The van der Waals surface area contributed by atoms with Crippen LogP contribution in [-0.4, -0.2) is 29.9 Å². The van der Waals surface area contributed by atoms with Gasteiger partial charge in [-0.25, -0.2) is 13.6 Å². The average Bonchev–Trinajstić information content (AvgIpc) is 2.78. The van der Waals surface area contributed by atoms with E-state index in [0.29, 0.717) is 0 Å². The number of carbonyl (C=O) groups excluding carboxylic acids is 1. The Morgan fingerprint density at radius 2 is 2.05 bits per heavy atom. The molecule has 9 heteroatoms. The molecule has 2 aromatic rings. The molecular weight excluding hydrogens is 312 g/mol. The van der Waals surface area contributed by atoms with Crippen molar-refractivity contribution in [2.75, 3.05) is 11.1 Å². The molecule has 0 atom stereocenters. The molecule has 1 aromatic heterocycles. The van der Waals surface area contributed by atoms with Crippen LogP contribution in [0.15, 0.2) is 46.3 Å². The highest BCUT2D eigenvalue weighted by atomic mass is 32.2. The molecule has 0 spiro atoms. The predicted octanol–water partition coefficient (Wildman–Crippen LogP) is 0.798. The van der Waals surface area contributed by atoms with Gasteiger partial charge < -0.3 is 5.32 Å². The Bertz CT molecular complexity index is 741. The van der Waals surface area contributed by atoms with Crippen molar-refractivity contribution < 1.29 is 13.2 Å². The molecule has 0 saturated carbocycles. The number of rotatable bonds is 5. The van der Waals surface area contributed by atoms with E-state index >= 15 is 0 Å². The van der Waals surface area contributed by atoms with Crippen molar-refractivity contribution in [2.45, 2.75) is 9.79 Å². The van der Waals surface area contributed by atoms with Gasteiger partial charge in [-0.3, -0.25) is 9.48 Å². The maximum atomic E-state index is 11.9. The zero-order chi connectivity index (χ0) is 15.5. The molecule has 0 saturated heterocycles. The largest absolute Gasteiger partial charge is 0.307 e. The lowest BCUT2D eigenvalue weighted by Crippen LogP contribution is -2.19. The first-order valence-electron chi connectivity index (χ1n) is 5.90. The predicted molar refractivity (Wildman–Crippen MR) is 80.4 cm³/mol. The van der Waals surface area contributed by atoms with Crippen molar-refractivity contribution in [3.05, 3.63) is 36.5 Å². The number of nitrogens with zero attached hydrogens (tertiary/aromatic N) is 2. The van der Waals surface area contributed by atoms with Crippen LogP contribution < -0.4 is 10.5 Å². The van der Waals surface area contributed by atoms with E-state index < -0.39 is 10.0 Å². The van der Waals surface area contributed by atoms with Gasteiger partial charge in [0, 0.05) is 18.1 Å². The summed E-state index contributed by atoms with van der Waals surface area (Å²) in [6.07, 6.45) is 1.25. The molecule has 0 aliphatic heterocycles. The van der Waals surface area contributed by atoms with E-state index in [1.54, 1.807) is 7.05 Å². The van der Waals surface area contributed by atoms with E-state index in [9.17, 15) is 13.2 Å². The van der Waals surface area contributed by atoms with Gasteiger partial charge in [0.15, 0.2) is 5.82 Å². The first-order valence-corrected chi connectivity index (χ1v) is 8.43. The van der Waals surface area contributed by atoms with Crippen LogP contribution in [0.2, 0.25) is 0 Å². The van der Waals surface area contributed by atoms with E-state index in [4.69, 9.17) is 5.14 Å². The fourth-order valence-corrected chi connectivity index (χ4v) is 2.98. The number of thioether (sulfide) groups is 1. The molecule has 1 amide bonds. The van der Waals surface area contributed by atoms with Crippen LogP contribution in [0.25, 0.3) is 0 Å². The number of carbonyl (C=O) groups is 1. The second kappa shape index (κ2) is 6.29. The molecule has 1 aromatic carbocycles. The van der Waals surface area contributed by atoms with E-state index in [-0.39, 0.29) is 22.4 Å². The fourth-order valence-electron chi connectivity index (χ4n) is 1.60. The molecular formula is C12H14N4O3S2. The number of aromatic nitrogens is 2. The Hall–Kier alpha value is -1.84. The molecule has 21 heavy (non-hydrogen) atoms. The molecule has 1 heterocycles. The van der Waals surface area contributed by atoms with Crippen molar-refractivity contribution in [1.29, 1.82) is 0 Å². The Kier molecular flexibility index (Phi) is 4.66. The summed E-state index contributed by atoms with van der Waals surface area (Å²) in [7, 11) is -2.39. The van der Waals surface area contributed by atoms with Crippen molar-refractivity contribution in [3.63, 3.8) is 0 Å². The zero-order valence-electron chi connectivity index (χ0n) is 11.2. The van der Waals surface area contributed by atoms with Gasteiger partial charge in [-0.15, -0.1) is 11.8 Å². The van der Waals surface area contributed by atoms with Crippen molar-refractivity contribution in [1.82, 2.24) is 9.78 Å². The second-order valence-electron chi connectivity index (χ2n) is 4.21. The number of hydrogen-bond acceptors (Lipinski definition) is 5. The standard InChI is InChI=1S/C12H14N4O3S2/c1-16-7-10(21(13,18)19)12(15-16)14-11(17)8-20-9-5-3-2-4-6-9/h2-7H,8H2,1H3,(H2,13,18,19)(H,14,15,17). The minimum atomic E-state index is -3.93. The highest BCUT2D eigenvalue weighted by Crippen LogP contribution is 2.20. The summed E-state index contributed by atoms with van der Waals surface area (Å²) >= 11 is 1.34. The maximum Gasteiger partial charge on any atom is 0.243 e. The number of nitrogens with one attached hydrogen (secondary N) is 1. The highest BCUT2D eigenvalue weighted by molar-refractivity contribution is 8.00. The molecule has 0 bridgehead atoms. The normalized spacial score (nSPS) is 11.3. The smallest absolute Gasteiger partial charge is 0.243 e. The van der Waals surface area contributed by atoms with Crippen molar-refractivity contribution in [2.24, 2.45) is 12.2 Å². The number of hydrogen-bond donors (Lipinski definition) is 2. The number of anilines is 1. The number of aryl methyl sites for hydroxylation is 1. The Morgan fingerprint density at radius 1 is 1.38 bits per heavy atom. The van der Waals surface area contributed by atoms with Gasteiger partial charge in [-0.1, -0.05) is 18.2 Å². The van der Waals surface area contributed by atoms with Crippen LogP contribution in [0, 0.1) is 0 Å². The van der Waals surface area contributed by atoms with E-state index in [1.807, 2.05) is 30.3 Å². The first kappa shape index (κ1) is 15.5. The van der Waals surface area contributed by atoms with Crippen LogP contribution in [0.4, 0.5) is 5.82 Å². The number of sulfonamides is 1. The minimum absolute atomic E-state index is 0.0568. The van der Waals surface area contributed by atoms with Crippen molar-refractivity contribution in [3.8, 4) is 0 Å². The summed E-state index contributed by atoms with van der Waals surface area (Å²) in [4.78, 5) is 12.6. The van der Waals surface area contributed by atoms with E-state index in [0.717, 1.165) is 4.90 Å². The van der Waals surface area contributed by atoms with E-state index in [2.05, 4.69) is 10.4 Å². The summed E-state index contributed by atoms with van der Waals surface area (Å²) < 4.78 is 24.1. The molecule has 2 rings (SSSR count). The highest BCUT2D eigenvalue weighted by Gasteiger charge is 2.19. The SMILES string of the molecule is Cn1cc(S(N)(=O)=O)c(NC(=O)CSc2ccccc2)n1. The molecule has 0 aliphatic rings. The van der Waals surface area contributed by atoms with Crippen molar-refractivity contribution >= 4 is 33.5 Å². The van der Waals surface area contributed by atoms with Gasteiger partial charge in [0.05, 0.1) is 5.75 Å². The molecule has 0 aliphatic carbocycles. The molecule has 7 nitrogen and oxygen atoms in total. The lowest BCUT2D eigenvalue weighted by atomic mass is 10.4. The summed E-state index contributed by atoms with van der Waals surface area (Å²) in [6, 6.07) is 9.40.